The fraction of sp³-hybridized carbons (Fsp3) is 0.250. The molecule has 5 nitrogen and oxygen atoms in total. The van der Waals surface area contributed by atoms with E-state index in [0.29, 0.717) is 28.7 Å². The van der Waals surface area contributed by atoms with Crippen molar-refractivity contribution in [2.45, 2.75) is 13.8 Å². The maximum absolute atomic E-state index is 10.6. The van der Waals surface area contributed by atoms with Crippen LogP contribution < -0.4 is 14.2 Å². The Morgan fingerprint density at radius 1 is 1.08 bits per heavy atom. The summed E-state index contributed by atoms with van der Waals surface area (Å²) in [6.45, 7) is 4.67. The van der Waals surface area contributed by atoms with Gasteiger partial charge in [0.05, 0.1) is 12.1 Å². The molecule has 0 atom stereocenters. The highest BCUT2D eigenvalue weighted by atomic mass is 35.5. The largest absolute Gasteiger partial charge is 0.493 e. The number of carboxylic acid groups (broad SMARTS) is 1. The molecule has 0 aliphatic rings. The number of methoxy groups -OCH3 is 1. The Morgan fingerprint density at radius 3 is 2.35 bits per heavy atom. The molecule has 0 amide bonds. The fourth-order valence-corrected chi connectivity index (χ4v) is 2.74. The van der Waals surface area contributed by atoms with Crippen LogP contribution in [0.3, 0.4) is 0 Å². The molecule has 2 rings (SSSR count). The van der Waals surface area contributed by atoms with Crippen molar-refractivity contribution in [3.05, 3.63) is 58.1 Å². The number of ether oxygens (including phenoxy) is 3. The van der Waals surface area contributed by atoms with Crippen LogP contribution in [0, 0.1) is 13.8 Å². The standard InChI is InChI=1S/C20H21ClO5/c1-13-8-14(2)10-16(9-13)25-6-7-26-20-17(21)11-15(4-5-19(22)23)12-18(20)24-3/h4-5,8-12H,6-7H2,1-3H3,(H,22,23). The van der Waals surface area contributed by atoms with E-state index in [1.165, 1.54) is 13.2 Å². The highest BCUT2D eigenvalue weighted by molar-refractivity contribution is 6.32. The van der Waals surface area contributed by atoms with Gasteiger partial charge in [-0.1, -0.05) is 17.7 Å². The van der Waals surface area contributed by atoms with E-state index in [1.54, 1.807) is 12.1 Å². The first-order valence-corrected chi connectivity index (χ1v) is 8.39. The molecular weight excluding hydrogens is 356 g/mol. The number of rotatable bonds is 8. The van der Waals surface area contributed by atoms with E-state index < -0.39 is 5.97 Å². The van der Waals surface area contributed by atoms with Crippen molar-refractivity contribution in [3.63, 3.8) is 0 Å². The van der Waals surface area contributed by atoms with Gasteiger partial charge in [0.1, 0.15) is 19.0 Å². The minimum Gasteiger partial charge on any atom is -0.493 e. The first kappa shape index (κ1) is 19.7. The van der Waals surface area contributed by atoms with E-state index in [-0.39, 0.29) is 6.61 Å². The SMILES string of the molecule is COc1cc(C=CC(=O)O)cc(Cl)c1OCCOc1cc(C)cc(C)c1. The quantitative estimate of drug-likeness (QED) is 0.542. The van der Waals surface area contributed by atoms with Gasteiger partial charge >= 0.3 is 5.97 Å². The van der Waals surface area contributed by atoms with Gasteiger partial charge < -0.3 is 19.3 Å². The van der Waals surface area contributed by atoms with Gasteiger partial charge in [-0.25, -0.2) is 4.79 Å². The second-order valence-electron chi connectivity index (χ2n) is 5.73. The monoisotopic (exact) mass is 376 g/mol. The lowest BCUT2D eigenvalue weighted by molar-refractivity contribution is -0.131. The van der Waals surface area contributed by atoms with Gasteiger partial charge in [0.15, 0.2) is 11.5 Å². The summed E-state index contributed by atoms with van der Waals surface area (Å²) in [4.78, 5) is 10.6. The molecule has 0 aromatic heterocycles. The van der Waals surface area contributed by atoms with Crippen LogP contribution in [0.25, 0.3) is 6.08 Å². The summed E-state index contributed by atoms with van der Waals surface area (Å²) >= 11 is 6.24. The van der Waals surface area contributed by atoms with E-state index in [1.807, 2.05) is 26.0 Å². The van der Waals surface area contributed by atoms with E-state index >= 15 is 0 Å². The van der Waals surface area contributed by atoms with Crippen molar-refractivity contribution < 1.29 is 24.1 Å². The average Bonchev–Trinajstić information content (AvgIpc) is 2.56. The van der Waals surface area contributed by atoms with Crippen molar-refractivity contribution >= 4 is 23.6 Å². The van der Waals surface area contributed by atoms with Crippen LogP contribution in [0.2, 0.25) is 5.02 Å². The van der Waals surface area contributed by atoms with E-state index in [4.69, 9.17) is 30.9 Å². The molecule has 2 aromatic rings. The first-order chi connectivity index (χ1) is 12.4. The lowest BCUT2D eigenvalue weighted by atomic mass is 10.1. The van der Waals surface area contributed by atoms with Crippen LogP contribution in [0.15, 0.2) is 36.4 Å². The number of aryl methyl sites for hydroxylation is 2. The number of hydrogen-bond acceptors (Lipinski definition) is 4. The molecule has 0 radical (unpaired) electrons. The van der Waals surface area contributed by atoms with Crippen molar-refractivity contribution in [3.8, 4) is 17.2 Å². The average molecular weight is 377 g/mol. The molecule has 6 heteroatoms. The summed E-state index contributed by atoms with van der Waals surface area (Å²) in [5, 5.41) is 9.04. The summed E-state index contributed by atoms with van der Waals surface area (Å²) in [5.74, 6) is 0.571. The van der Waals surface area contributed by atoms with E-state index in [9.17, 15) is 4.79 Å². The third-order valence-electron chi connectivity index (χ3n) is 3.46. The normalized spacial score (nSPS) is 10.8. The number of carbonyl (C=O) groups is 1. The number of hydrogen-bond donors (Lipinski definition) is 1. The highest BCUT2D eigenvalue weighted by Gasteiger charge is 2.11. The van der Waals surface area contributed by atoms with Crippen LogP contribution in [0.5, 0.6) is 17.2 Å². The van der Waals surface area contributed by atoms with E-state index in [2.05, 4.69) is 6.07 Å². The van der Waals surface area contributed by atoms with Gasteiger partial charge in [-0.3, -0.25) is 0 Å². The molecule has 0 saturated carbocycles. The molecule has 1 N–H and O–H groups in total. The fourth-order valence-electron chi connectivity index (χ4n) is 2.46. The zero-order chi connectivity index (χ0) is 19.1. The third kappa shape index (κ3) is 5.70. The molecule has 26 heavy (non-hydrogen) atoms. The second kappa shape index (κ2) is 9.15. The molecule has 0 unspecified atom stereocenters. The second-order valence-corrected chi connectivity index (χ2v) is 6.13. The Bertz CT molecular complexity index is 794. The van der Waals surface area contributed by atoms with Crippen LogP contribution in [0.4, 0.5) is 0 Å². The Hall–Kier alpha value is -2.66. The Labute approximate surface area is 157 Å². The lowest BCUT2D eigenvalue weighted by Gasteiger charge is -2.14. The summed E-state index contributed by atoms with van der Waals surface area (Å²) < 4.78 is 16.7. The number of halogens is 1. The Morgan fingerprint density at radius 2 is 1.73 bits per heavy atom. The number of benzene rings is 2. The van der Waals surface area contributed by atoms with Gasteiger partial charge in [-0.15, -0.1) is 0 Å². The van der Waals surface area contributed by atoms with Crippen molar-refractivity contribution in [2.24, 2.45) is 0 Å². The number of carboxylic acids is 1. The van der Waals surface area contributed by atoms with Gasteiger partial charge in [-0.05, 0) is 60.9 Å². The van der Waals surface area contributed by atoms with Crippen LogP contribution >= 0.6 is 11.6 Å². The molecule has 0 aliphatic heterocycles. The van der Waals surface area contributed by atoms with Gasteiger partial charge in [0, 0.05) is 6.08 Å². The van der Waals surface area contributed by atoms with Crippen LogP contribution in [-0.2, 0) is 4.79 Å². The summed E-state index contributed by atoms with van der Waals surface area (Å²) in [6.07, 6.45) is 2.47. The zero-order valence-corrected chi connectivity index (χ0v) is 15.7. The highest BCUT2D eigenvalue weighted by Crippen LogP contribution is 2.36. The van der Waals surface area contributed by atoms with Crippen LogP contribution in [0.1, 0.15) is 16.7 Å². The van der Waals surface area contributed by atoms with Crippen molar-refractivity contribution in [2.75, 3.05) is 20.3 Å². The van der Waals surface area contributed by atoms with Crippen molar-refractivity contribution in [1.82, 2.24) is 0 Å². The maximum atomic E-state index is 10.6. The molecule has 0 aliphatic carbocycles. The predicted octanol–water partition coefficient (Wildman–Crippen LogP) is 4.52. The molecule has 0 saturated heterocycles. The van der Waals surface area contributed by atoms with E-state index in [0.717, 1.165) is 23.0 Å². The Balaban J connectivity index is 2.01. The predicted molar refractivity (Wildman–Crippen MR) is 102 cm³/mol. The molecular formula is C20H21ClO5. The van der Waals surface area contributed by atoms with Gasteiger partial charge in [-0.2, -0.15) is 0 Å². The summed E-state index contributed by atoms with van der Waals surface area (Å²) in [7, 11) is 1.50. The number of aliphatic carboxylic acids is 1. The molecule has 0 spiro atoms. The van der Waals surface area contributed by atoms with Crippen LogP contribution in [-0.4, -0.2) is 31.4 Å². The van der Waals surface area contributed by atoms with Crippen molar-refractivity contribution in [1.29, 1.82) is 0 Å². The smallest absolute Gasteiger partial charge is 0.328 e. The van der Waals surface area contributed by atoms with Gasteiger partial charge in [0.25, 0.3) is 0 Å². The maximum Gasteiger partial charge on any atom is 0.328 e. The minimum absolute atomic E-state index is 0.285. The molecule has 0 bridgehead atoms. The van der Waals surface area contributed by atoms with Gasteiger partial charge in [0.2, 0.25) is 0 Å². The summed E-state index contributed by atoms with van der Waals surface area (Å²) in [5.41, 5.74) is 2.87. The summed E-state index contributed by atoms with van der Waals surface area (Å²) in [6, 6.07) is 9.28. The molecule has 2 aromatic carbocycles. The minimum atomic E-state index is -1.04. The third-order valence-corrected chi connectivity index (χ3v) is 3.74. The Kier molecular flexibility index (Phi) is 6.92. The molecule has 0 fully saturated rings. The molecule has 0 heterocycles. The lowest BCUT2D eigenvalue weighted by Crippen LogP contribution is -2.10. The topological polar surface area (TPSA) is 65.0 Å². The first-order valence-electron chi connectivity index (χ1n) is 8.01. The zero-order valence-electron chi connectivity index (χ0n) is 14.9. The molecule has 138 valence electrons.